The van der Waals surface area contributed by atoms with Gasteiger partial charge in [0.15, 0.2) is 17.0 Å². The average molecular weight is 787 g/mol. The molecule has 3 heterocycles. The minimum atomic E-state index is -1.22. The lowest BCUT2D eigenvalue weighted by Crippen LogP contribution is -2.46. The van der Waals surface area contributed by atoms with Gasteiger partial charge in [-0.05, 0) is 46.5 Å². The molecule has 57 heavy (non-hydrogen) atoms. The molecule has 1 amide bonds. The molecular formula is C44H58N4O9. The number of benzene rings is 2. The van der Waals surface area contributed by atoms with Crippen molar-refractivity contribution >= 4 is 34.0 Å². The zero-order valence-electron chi connectivity index (χ0n) is 34.5. The number of allylic oxidation sites excluding steroid dienone is 2. The van der Waals surface area contributed by atoms with E-state index in [1.54, 1.807) is 66.9 Å². The molecule has 0 aromatic heterocycles. The van der Waals surface area contributed by atoms with Gasteiger partial charge in [-0.1, -0.05) is 64.5 Å². The number of ether oxygens (including phenoxy) is 3. The number of aliphatic hydroxyl groups is 2. The van der Waals surface area contributed by atoms with Crippen molar-refractivity contribution in [1.29, 1.82) is 5.41 Å². The molecular weight excluding hydrogens is 729 g/mol. The van der Waals surface area contributed by atoms with Crippen LogP contribution < -0.4 is 20.8 Å². The Morgan fingerprint density at radius 2 is 1.61 bits per heavy atom. The van der Waals surface area contributed by atoms with Crippen LogP contribution in [0.4, 0.5) is 5.69 Å². The standard InChI is InChI=1S/C44H58N4O9/c1-21-15-13-16-22(2)42(54)46-34-33-32(47-44(48-33)19-11-10-12-20-44)29-30(38(34)53)37(52)26(6)40-31(29)41(45)43(8,57-40)18-14-17-28(55-9)23(3)39(56-27(7)49)25(5)36(51)24(4)35(21)50/h13-17,21,23-25,28,35-36,39,45,50-53H,10-12,18-20H2,1-9H3,(H,46,54)/b15-13+,17-14+,22-16-,45-41?/t21-,23+,24+,25+,28-,35-,36+,39+,43+/m0/s1. The van der Waals surface area contributed by atoms with Crippen molar-refractivity contribution in [1.82, 2.24) is 0 Å². The van der Waals surface area contributed by atoms with Gasteiger partial charge in [-0.15, -0.1) is 0 Å². The SMILES string of the molecule is CO[C@H]1/C=C/C[C@@]2(C)Oc3c(C)c(O)c4c(O)c(c5c(c4c3C2=N)=NC2(CCCCC2)N=5)NC(=O)/C(C)=C\C=C\[C@H](C)[C@H](O)[C@@H](C)[C@@H](O)[C@@H](C)[C@H](OC(C)=O)[C@@H]1C. The molecule has 308 valence electrons. The Labute approximate surface area is 333 Å². The second kappa shape index (κ2) is 16.0. The number of carbonyl (C=O) groups is 2. The van der Waals surface area contributed by atoms with Gasteiger partial charge in [0.1, 0.15) is 28.6 Å². The molecule has 1 spiro atoms. The first kappa shape index (κ1) is 42.0. The van der Waals surface area contributed by atoms with Gasteiger partial charge in [0, 0.05) is 60.6 Å². The summed E-state index contributed by atoms with van der Waals surface area (Å²) in [5.41, 5.74) is -0.883. The van der Waals surface area contributed by atoms with Crippen LogP contribution in [0.1, 0.15) is 98.1 Å². The minimum absolute atomic E-state index is 0.0261. The maximum absolute atomic E-state index is 13.8. The number of hydrogen-bond acceptors (Lipinski definition) is 12. The number of carbonyl (C=O) groups excluding carboxylic acids is 2. The van der Waals surface area contributed by atoms with Gasteiger partial charge in [0.25, 0.3) is 5.91 Å². The number of phenols is 2. The number of nitrogens with one attached hydrogen (secondary N) is 2. The summed E-state index contributed by atoms with van der Waals surface area (Å²) in [6, 6.07) is 0. The fourth-order valence-corrected chi connectivity index (χ4v) is 9.05. The highest BCUT2D eigenvalue weighted by Crippen LogP contribution is 2.50. The first-order valence-electron chi connectivity index (χ1n) is 20.1. The van der Waals surface area contributed by atoms with Crippen molar-refractivity contribution in [2.24, 2.45) is 33.7 Å². The number of amides is 1. The number of esters is 1. The summed E-state index contributed by atoms with van der Waals surface area (Å²) < 4.78 is 18.3. The number of methoxy groups -OCH3 is 1. The molecule has 13 nitrogen and oxygen atoms in total. The van der Waals surface area contributed by atoms with Crippen molar-refractivity contribution in [2.45, 2.75) is 130 Å². The summed E-state index contributed by atoms with van der Waals surface area (Å²) in [6.07, 6.45) is 9.63. The predicted octanol–water partition coefficient (Wildman–Crippen LogP) is 5.61. The molecule has 0 unspecified atom stereocenters. The van der Waals surface area contributed by atoms with E-state index in [-0.39, 0.29) is 40.1 Å². The first-order chi connectivity index (χ1) is 26.9. The van der Waals surface area contributed by atoms with E-state index < -0.39 is 71.2 Å². The normalized spacial score (nSPS) is 33.8. The average Bonchev–Trinajstić information content (AvgIpc) is 3.67. The fraction of sp³-hybridized carbons (Fsp3) is 0.568. The molecule has 1 aliphatic carbocycles. The number of phenolic OH excluding ortho intramolecular Hbond substituents is 2. The van der Waals surface area contributed by atoms with E-state index in [1.165, 1.54) is 6.92 Å². The number of rotatable bonds is 2. The van der Waals surface area contributed by atoms with Crippen LogP contribution in [0.15, 0.2) is 45.9 Å². The number of aliphatic hydroxyl groups excluding tert-OH is 2. The topological polar surface area (TPSA) is 203 Å². The predicted molar refractivity (Wildman–Crippen MR) is 216 cm³/mol. The van der Waals surface area contributed by atoms with Crippen molar-refractivity contribution in [3.05, 3.63) is 57.8 Å². The van der Waals surface area contributed by atoms with Gasteiger partial charge in [0.2, 0.25) is 0 Å². The summed E-state index contributed by atoms with van der Waals surface area (Å²) in [5.74, 6) is -3.49. The van der Waals surface area contributed by atoms with E-state index >= 15 is 0 Å². The molecule has 6 rings (SSSR count). The van der Waals surface area contributed by atoms with Crippen molar-refractivity contribution < 1.29 is 44.2 Å². The van der Waals surface area contributed by atoms with Crippen LogP contribution in [-0.2, 0) is 19.1 Å². The van der Waals surface area contributed by atoms with Crippen LogP contribution in [0.3, 0.4) is 0 Å². The lowest BCUT2D eigenvalue weighted by Gasteiger charge is -2.38. The zero-order chi connectivity index (χ0) is 41.7. The third-order valence-corrected chi connectivity index (χ3v) is 12.7. The minimum Gasteiger partial charge on any atom is -0.507 e. The molecule has 0 saturated heterocycles. The Kier molecular flexibility index (Phi) is 11.8. The summed E-state index contributed by atoms with van der Waals surface area (Å²) in [7, 11) is 1.55. The number of anilines is 1. The van der Waals surface area contributed by atoms with Gasteiger partial charge >= 0.3 is 5.97 Å². The van der Waals surface area contributed by atoms with Gasteiger partial charge in [-0.25, -0.2) is 0 Å². The maximum atomic E-state index is 13.8. The summed E-state index contributed by atoms with van der Waals surface area (Å²) >= 11 is 0. The monoisotopic (exact) mass is 786 g/mol. The molecule has 1 fully saturated rings. The van der Waals surface area contributed by atoms with Crippen LogP contribution in [0.5, 0.6) is 17.2 Å². The van der Waals surface area contributed by atoms with Crippen LogP contribution in [0, 0.1) is 36.0 Å². The lowest BCUT2D eigenvalue weighted by atomic mass is 9.78. The fourth-order valence-electron chi connectivity index (χ4n) is 9.05. The van der Waals surface area contributed by atoms with Crippen LogP contribution in [-0.4, -0.2) is 80.8 Å². The highest BCUT2D eigenvalue weighted by molar-refractivity contribution is 6.21. The van der Waals surface area contributed by atoms with E-state index in [1.807, 2.05) is 19.1 Å². The third-order valence-electron chi connectivity index (χ3n) is 12.7. The Morgan fingerprint density at radius 1 is 0.947 bits per heavy atom. The third kappa shape index (κ3) is 7.49. The highest BCUT2D eigenvalue weighted by atomic mass is 16.5. The van der Waals surface area contributed by atoms with Crippen molar-refractivity contribution in [3.63, 3.8) is 0 Å². The molecule has 6 N–H and O–H groups in total. The Morgan fingerprint density at radius 3 is 2.26 bits per heavy atom. The van der Waals surface area contributed by atoms with Gasteiger partial charge < -0.3 is 45.4 Å². The molecule has 0 radical (unpaired) electrons. The van der Waals surface area contributed by atoms with E-state index in [0.29, 0.717) is 46.0 Å². The van der Waals surface area contributed by atoms with E-state index in [9.17, 15) is 35.4 Å². The van der Waals surface area contributed by atoms with E-state index in [2.05, 4.69) is 5.32 Å². The summed E-state index contributed by atoms with van der Waals surface area (Å²) in [4.78, 5) is 36.5. The summed E-state index contributed by atoms with van der Waals surface area (Å²) in [6.45, 7) is 13.6. The molecule has 1 saturated carbocycles. The molecule has 13 heteroatoms. The number of nitrogens with zero attached hydrogens (tertiary/aromatic N) is 2. The molecule has 2 aromatic rings. The quantitative estimate of drug-likeness (QED) is 0.127. The summed E-state index contributed by atoms with van der Waals surface area (Å²) in [5, 5.41) is 60.3. The molecule has 4 bridgehead atoms. The van der Waals surface area contributed by atoms with Crippen LogP contribution in [0.25, 0.3) is 10.8 Å². The second-order valence-corrected chi connectivity index (χ2v) is 16.8. The smallest absolute Gasteiger partial charge is 0.302 e. The first-order valence-corrected chi connectivity index (χ1v) is 20.1. The number of fused-ring (bicyclic) bond motifs is 1. The molecule has 3 aliphatic heterocycles. The van der Waals surface area contributed by atoms with Gasteiger partial charge in [-0.2, -0.15) is 0 Å². The Balaban J connectivity index is 1.55. The molecule has 2 aromatic carbocycles. The zero-order valence-corrected chi connectivity index (χ0v) is 34.5. The maximum Gasteiger partial charge on any atom is 0.302 e. The van der Waals surface area contributed by atoms with Crippen molar-refractivity contribution in [2.75, 3.05) is 12.4 Å². The second-order valence-electron chi connectivity index (χ2n) is 16.8. The Hall–Kier alpha value is -4.59. The van der Waals surface area contributed by atoms with E-state index in [0.717, 1.165) is 19.3 Å². The molecule has 4 aliphatic rings. The van der Waals surface area contributed by atoms with Crippen LogP contribution >= 0.6 is 0 Å². The van der Waals surface area contributed by atoms with E-state index in [4.69, 9.17) is 24.2 Å². The number of hydrogen-bond donors (Lipinski definition) is 6. The largest absolute Gasteiger partial charge is 0.507 e. The van der Waals surface area contributed by atoms with Crippen molar-refractivity contribution in [3.8, 4) is 17.2 Å². The van der Waals surface area contributed by atoms with Gasteiger partial charge in [-0.3, -0.25) is 19.6 Å². The Bertz CT molecular complexity index is 2190. The van der Waals surface area contributed by atoms with Gasteiger partial charge in [0.05, 0.1) is 40.3 Å². The number of aromatic hydroxyl groups is 2. The van der Waals surface area contributed by atoms with Crippen LogP contribution in [0.2, 0.25) is 0 Å². The lowest BCUT2D eigenvalue weighted by molar-refractivity contribution is -0.160. The molecule has 9 atom stereocenters. The highest BCUT2D eigenvalue weighted by Gasteiger charge is 2.46.